The number of thiophene rings is 1. The normalized spacial score (nSPS) is 21.3. The van der Waals surface area contributed by atoms with Crippen LogP contribution in [0.3, 0.4) is 0 Å². The molecule has 1 saturated heterocycles. The zero-order chi connectivity index (χ0) is 13.1. The molecular formula is C15H26N2S. The predicted molar refractivity (Wildman–Crippen MR) is 80.2 cm³/mol. The molecule has 1 atom stereocenters. The first kappa shape index (κ1) is 14.0. The molecule has 1 aliphatic heterocycles. The van der Waals surface area contributed by atoms with Gasteiger partial charge in [0.1, 0.15) is 0 Å². The minimum Gasteiger partial charge on any atom is -0.305 e. The van der Waals surface area contributed by atoms with Gasteiger partial charge in [-0.05, 0) is 45.0 Å². The highest BCUT2D eigenvalue weighted by Gasteiger charge is 2.23. The summed E-state index contributed by atoms with van der Waals surface area (Å²) in [5.74, 6) is 0.765. The van der Waals surface area contributed by atoms with Gasteiger partial charge in [0.05, 0.1) is 0 Å². The van der Waals surface area contributed by atoms with Gasteiger partial charge in [0, 0.05) is 35.4 Å². The highest BCUT2D eigenvalue weighted by molar-refractivity contribution is 7.11. The van der Waals surface area contributed by atoms with E-state index in [1.807, 2.05) is 11.3 Å². The molecule has 0 aromatic carbocycles. The molecule has 0 radical (unpaired) electrons. The van der Waals surface area contributed by atoms with Crippen LogP contribution < -0.4 is 0 Å². The Hall–Kier alpha value is -0.380. The van der Waals surface area contributed by atoms with Crippen molar-refractivity contribution in [3.8, 4) is 0 Å². The van der Waals surface area contributed by atoms with Gasteiger partial charge in [0.25, 0.3) is 0 Å². The Balaban J connectivity index is 1.85. The van der Waals surface area contributed by atoms with Crippen LogP contribution in [0.15, 0.2) is 12.1 Å². The van der Waals surface area contributed by atoms with Crippen molar-refractivity contribution in [3.63, 3.8) is 0 Å². The van der Waals surface area contributed by atoms with E-state index in [-0.39, 0.29) is 0 Å². The van der Waals surface area contributed by atoms with E-state index in [4.69, 9.17) is 0 Å². The average molecular weight is 266 g/mol. The number of rotatable bonds is 5. The molecule has 1 aromatic heterocycles. The van der Waals surface area contributed by atoms with Gasteiger partial charge < -0.3 is 4.90 Å². The lowest BCUT2D eigenvalue weighted by atomic mass is 10.1. The molecule has 0 aliphatic carbocycles. The van der Waals surface area contributed by atoms with Crippen LogP contribution in [0.25, 0.3) is 0 Å². The first-order valence-corrected chi connectivity index (χ1v) is 7.82. The van der Waals surface area contributed by atoms with Crippen LogP contribution in [0.2, 0.25) is 0 Å². The summed E-state index contributed by atoms with van der Waals surface area (Å²) >= 11 is 2.00. The van der Waals surface area contributed by atoms with Gasteiger partial charge in [-0.3, -0.25) is 4.90 Å². The van der Waals surface area contributed by atoms with E-state index in [9.17, 15) is 0 Å². The molecule has 3 heteroatoms. The van der Waals surface area contributed by atoms with E-state index in [0.717, 1.165) is 18.5 Å². The van der Waals surface area contributed by atoms with Crippen molar-refractivity contribution in [1.29, 1.82) is 0 Å². The Kier molecular flexibility index (Phi) is 4.82. The van der Waals surface area contributed by atoms with Gasteiger partial charge in [0.15, 0.2) is 0 Å². The number of hydrogen-bond acceptors (Lipinski definition) is 3. The molecule has 2 heterocycles. The molecule has 0 spiro atoms. The lowest BCUT2D eigenvalue weighted by Gasteiger charge is -2.19. The smallest absolute Gasteiger partial charge is 0.0328 e. The first-order valence-electron chi connectivity index (χ1n) is 7.01. The predicted octanol–water partition coefficient (Wildman–Crippen LogP) is 3.08. The average Bonchev–Trinajstić information content (AvgIpc) is 2.88. The summed E-state index contributed by atoms with van der Waals surface area (Å²) in [5.41, 5.74) is 0. The van der Waals surface area contributed by atoms with Gasteiger partial charge in [-0.1, -0.05) is 13.8 Å². The standard InChI is InChI=1S/C15H26N2S/c1-12(2)9-14-5-6-15(18-14)11-17-8-7-13(10-17)16(3)4/h5-6,12-13H,7-11H2,1-4H3/t13-/m0/s1. The van der Waals surface area contributed by atoms with Crippen LogP contribution in [0.4, 0.5) is 0 Å². The second-order valence-corrected chi connectivity index (χ2v) is 7.36. The monoisotopic (exact) mass is 266 g/mol. The van der Waals surface area contributed by atoms with E-state index in [2.05, 4.69) is 49.9 Å². The summed E-state index contributed by atoms with van der Waals surface area (Å²) in [4.78, 5) is 8.03. The number of hydrogen-bond donors (Lipinski definition) is 0. The maximum absolute atomic E-state index is 2.59. The van der Waals surface area contributed by atoms with E-state index >= 15 is 0 Å². The SMILES string of the molecule is CC(C)Cc1ccc(CN2CC[C@H](N(C)C)C2)s1. The zero-order valence-electron chi connectivity index (χ0n) is 12.1. The second kappa shape index (κ2) is 6.18. The fourth-order valence-electron chi connectivity index (χ4n) is 2.62. The Morgan fingerprint density at radius 3 is 2.67 bits per heavy atom. The summed E-state index contributed by atoms with van der Waals surface area (Å²) in [6.45, 7) is 8.21. The highest BCUT2D eigenvalue weighted by Crippen LogP contribution is 2.23. The van der Waals surface area contributed by atoms with Crippen molar-refractivity contribution in [2.75, 3.05) is 27.2 Å². The molecule has 2 nitrogen and oxygen atoms in total. The van der Waals surface area contributed by atoms with Gasteiger partial charge >= 0.3 is 0 Å². The molecular weight excluding hydrogens is 240 g/mol. The van der Waals surface area contributed by atoms with Gasteiger partial charge in [-0.15, -0.1) is 11.3 Å². The molecule has 0 bridgehead atoms. The number of likely N-dealkylation sites (tertiary alicyclic amines) is 1. The van der Waals surface area contributed by atoms with Crippen molar-refractivity contribution in [2.24, 2.45) is 5.92 Å². The minimum atomic E-state index is 0.750. The summed E-state index contributed by atoms with van der Waals surface area (Å²) in [7, 11) is 4.39. The summed E-state index contributed by atoms with van der Waals surface area (Å²) in [5, 5.41) is 0. The third-order valence-electron chi connectivity index (χ3n) is 3.68. The highest BCUT2D eigenvalue weighted by atomic mass is 32.1. The Labute approximate surface area is 116 Å². The lowest BCUT2D eigenvalue weighted by molar-refractivity contribution is 0.266. The largest absolute Gasteiger partial charge is 0.305 e. The van der Waals surface area contributed by atoms with E-state index in [1.165, 1.54) is 30.8 Å². The van der Waals surface area contributed by atoms with Crippen LogP contribution in [0.5, 0.6) is 0 Å². The van der Waals surface area contributed by atoms with Crippen molar-refractivity contribution in [2.45, 2.75) is 39.3 Å². The number of likely N-dealkylation sites (N-methyl/N-ethyl adjacent to an activating group) is 1. The Morgan fingerprint density at radius 1 is 1.33 bits per heavy atom. The Bertz CT molecular complexity index is 370. The molecule has 2 rings (SSSR count). The van der Waals surface area contributed by atoms with Crippen molar-refractivity contribution < 1.29 is 0 Å². The van der Waals surface area contributed by atoms with Crippen LogP contribution in [-0.4, -0.2) is 43.0 Å². The van der Waals surface area contributed by atoms with Crippen LogP contribution >= 0.6 is 11.3 Å². The molecule has 1 aromatic rings. The van der Waals surface area contributed by atoms with E-state index in [0.29, 0.717) is 0 Å². The maximum Gasteiger partial charge on any atom is 0.0328 e. The molecule has 1 aliphatic rings. The van der Waals surface area contributed by atoms with Crippen LogP contribution in [0.1, 0.15) is 30.0 Å². The molecule has 1 fully saturated rings. The quantitative estimate of drug-likeness (QED) is 0.808. The topological polar surface area (TPSA) is 6.48 Å². The molecule has 18 heavy (non-hydrogen) atoms. The first-order chi connectivity index (χ1) is 8.54. The molecule has 0 N–H and O–H groups in total. The Morgan fingerprint density at radius 2 is 2.06 bits per heavy atom. The van der Waals surface area contributed by atoms with Crippen molar-refractivity contribution >= 4 is 11.3 Å². The third-order valence-corrected chi connectivity index (χ3v) is 4.78. The van der Waals surface area contributed by atoms with Crippen LogP contribution in [-0.2, 0) is 13.0 Å². The molecule has 0 saturated carbocycles. The zero-order valence-corrected chi connectivity index (χ0v) is 13.0. The molecule has 102 valence electrons. The van der Waals surface area contributed by atoms with Gasteiger partial charge in [0.2, 0.25) is 0 Å². The summed E-state index contributed by atoms with van der Waals surface area (Å²) in [6, 6.07) is 5.39. The van der Waals surface area contributed by atoms with Gasteiger partial charge in [-0.25, -0.2) is 0 Å². The maximum atomic E-state index is 2.59. The third kappa shape index (κ3) is 3.81. The van der Waals surface area contributed by atoms with E-state index < -0.39 is 0 Å². The minimum absolute atomic E-state index is 0.750. The summed E-state index contributed by atoms with van der Waals surface area (Å²) < 4.78 is 0. The second-order valence-electron chi connectivity index (χ2n) is 6.11. The van der Waals surface area contributed by atoms with Crippen LogP contribution in [0, 0.1) is 5.92 Å². The van der Waals surface area contributed by atoms with Crippen molar-refractivity contribution in [1.82, 2.24) is 9.80 Å². The fourth-order valence-corrected chi connectivity index (χ4v) is 3.89. The van der Waals surface area contributed by atoms with E-state index in [1.54, 1.807) is 4.88 Å². The number of nitrogens with zero attached hydrogens (tertiary/aromatic N) is 2. The molecule has 0 amide bonds. The molecule has 0 unspecified atom stereocenters. The summed E-state index contributed by atoms with van der Waals surface area (Å²) in [6.07, 6.45) is 2.54. The lowest BCUT2D eigenvalue weighted by Crippen LogP contribution is -2.31. The fraction of sp³-hybridized carbons (Fsp3) is 0.733. The van der Waals surface area contributed by atoms with Crippen molar-refractivity contribution in [3.05, 3.63) is 21.9 Å². The van der Waals surface area contributed by atoms with Gasteiger partial charge in [-0.2, -0.15) is 0 Å².